The maximum atomic E-state index is 5.25. The van der Waals surface area contributed by atoms with Gasteiger partial charge in [-0.15, -0.1) is 0 Å². The number of hydrogen-bond acceptors (Lipinski definition) is 3. The minimum Gasteiger partial charge on any atom is -0.310 e. The van der Waals surface area contributed by atoms with Gasteiger partial charge in [0.15, 0.2) is 17.5 Å². The first-order chi connectivity index (χ1) is 30.8. The molecule has 0 atom stereocenters. The van der Waals surface area contributed by atoms with Crippen molar-refractivity contribution in [1.82, 2.24) is 24.1 Å². The molecule has 12 aromatic rings. The molecule has 0 radical (unpaired) electrons. The number of fused-ring (bicyclic) bond motifs is 11. The zero-order valence-electron chi connectivity index (χ0n) is 33.7. The van der Waals surface area contributed by atoms with Crippen molar-refractivity contribution >= 4 is 71.1 Å². The van der Waals surface area contributed by atoms with E-state index >= 15 is 0 Å². The lowest BCUT2D eigenvalue weighted by Gasteiger charge is -2.15. The van der Waals surface area contributed by atoms with Crippen LogP contribution in [0.15, 0.2) is 194 Å². The first-order valence-corrected chi connectivity index (χ1v) is 21.3. The van der Waals surface area contributed by atoms with Crippen molar-refractivity contribution < 1.29 is 0 Å². The molecule has 3 aromatic heterocycles. The molecule has 0 spiro atoms. The van der Waals surface area contributed by atoms with E-state index in [1.165, 1.54) is 65.8 Å². The smallest absolute Gasteiger partial charge is 0.164 e. The Morgan fingerprint density at radius 3 is 1.84 bits per heavy atom. The quantitative estimate of drug-likeness (QED) is 0.174. The Labute approximate surface area is 357 Å². The molecule has 0 saturated heterocycles. The Kier molecular flexibility index (Phi) is 7.66. The number of nitrogens with zero attached hydrogens (tertiary/aromatic N) is 5. The first kappa shape index (κ1) is 34.7. The van der Waals surface area contributed by atoms with Crippen LogP contribution >= 0.6 is 0 Å². The highest BCUT2D eigenvalue weighted by Crippen LogP contribution is 2.46. The number of allylic oxidation sites excluding steroid dienone is 1. The third-order valence-corrected chi connectivity index (χ3v) is 12.8. The van der Waals surface area contributed by atoms with E-state index in [1.807, 2.05) is 18.2 Å². The highest BCUT2D eigenvalue weighted by molar-refractivity contribution is 6.29. The summed E-state index contributed by atoms with van der Waals surface area (Å²) in [6.07, 6.45) is 6.67. The molecule has 9 aromatic carbocycles. The van der Waals surface area contributed by atoms with Crippen LogP contribution in [0.1, 0.15) is 17.7 Å². The summed E-state index contributed by atoms with van der Waals surface area (Å²) in [4.78, 5) is 15.5. The maximum absolute atomic E-state index is 5.25. The lowest BCUT2D eigenvalue weighted by molar-refractivity contribution is 0.968. The molecule has 1 aliphatic carbocycles. The highest BCUT2D eigenvalue weighted by Gasteiger charge is 2.26. The van der Waals surface area contributed by atoms with Crippen LogP contribution in [-0.4, -0.2) is 24.1 Å². The Balaban J connectivity index is 1.09. The summed E-state index contributed by atoms with van der Waals surface area (Å²) in [5, 5.41) is 10.9. The third-order valence-electron chi connectivity index (χ3n) is 12.8. The molecule has 290 valence electrons. The van der Waals surface area contributed by atoms with Gasteiger partial charge in [0.2, 0.25) is 0 Å². The summed E-state index contributed by atoms with van der Waals surface area (Å²) >= 11 is 0. The van der Waals surface area contributed by atoms with Gasteiger partial charge in [0, 0.05) is 49.6 Å². The normalized spacial score (nSPS) is 12.6. The predicted molar refractivity (Wildman–Crippen MR) is 257 cm³/mol. The van der Waals surface area contributed by atoms with Crippen LogP contribution in [-0.2, 0) is 6.42 Å². The standard InChI is InChI=1S/C57H37N5/c1-3-17-38(18-4-1)55-58-56(40-28-27-36-15-7-8-19-39(36)35-40)60-57(59-55)45-30-32-48(44-24-12-11-23-43(44)45)62-50-31-29-37-16-9-10-22-42(37)52(50)54-51(62)34-33-49-53(54)46-25-13-14-26-47(46)61(49)41-20-5-2-6-21-41/h1-12,14-24,26-35H,13,25H2. The van der Waals surface area contributed by atoms with Crippen LogP contribution in [0.2, 0.25) is 0 Å². The number of para-hydroxylation sites is 1. The second-order valence-electron chi connectivity index (χ2n) is 16.3. The number of aromatic nitrogens is 5. The van der Waals surface area contributed by atoms with Gasteiger partial charge in [0.25, 0.3) is 0 Å². The lowest BCUT2D eigenvalue weighted by Crippen LogP contribution is -2.02. The SMILES string of the molecule is C1=Cc2c(c3c4c5c6ccccc6ccc5n(-c5ccc(-c6nc(-c7ccccc7)nc(-c7ccc8ccccc8c7)n6)c6ccccc56)c4ccc3n2-c2ccccc2)CC1. The molecule has 1 aliphatic rings. The van der Waals surface area contributed by atoms with Gasteiger partial charge in [0.1, 0.15) is 0 Å². The van der Waals surface area contributed by atoms with E-state index in [2.05, 4.69) is 191 Å². The summed E-state index contributed by atoms with van der Waals surface area (Å²) < 4.78 is 4.96. The highest BCUT2D eigenvalue weighted by atomic mass is 15.0. The molecule has 0 aliphatic heterocycles. The van der Waals surface area contributed by atoms with Gasteiger partial charge in [-0.05, 0) is 99.9 Å². The minimum absolute atomic E-state index is 0.640. The fraction of sp³-hybridized carbons (Fsp3) is 0.0351. The van der Waals surface area contributed by atoms with E-state index in [1.54, 1.807) is 0 Å². The van der Waals surface area contributed by atoms with E-state index in [4.69, 9.17) is 15.0 Å². The van der Waals surface area contributed by atoms with Gasteiger partial charge in [-0.3, -0.25) is 0 Å². The Bertz CT molecular complexity index is 3800. The van der Waals surface area contributed by atoms with E-state index in [0.717, 1.165) is 51.4 Å². The van der Waals surface area contributed by atoms with Crippen molar-refractivity contribution in [3.05, 3.63) is 205 Å². The molecule has 3 heterocycles. The third kappa shape index (κ3) is 5.25. The first-order valence-electron chi connectivity index (χ1n) is 21.3. The lowest BCUT2D eigenvalue weighted by atomic mass is 9.96. The summed E-state index contributed by atoms with van der Waals surface area (Å²) in [7, 11) is 0. The monoisotopic (exact) mass is 791 g/mol. The number of hydrogen-bond donors (Lipinski definition) is 0. The van der Waals surface area contributed by atoms with Crippen LogP contribution in [0.3, 0.4) is 0 Å². The van der Waals surface area contributed by atoms with Gasteiger partial charge >= 0.3 is 0 Å². The molecule has 0 amide bonds. The largest absolute Gasteiger partial charge is 0.310 e. The van der Waals surface area contributed by atoms with Crippen molar-refractivity contribution in [2.45, 2.75) is 12.8 Å². The number of rotatable bonds is 5. The van der Waals surface area contributed by atoms with Crippen molar-refractivity contribution in [2.75, 3.05) is 0 Å². The van der Waals surface area contributed by atoms with Gasteiger partial charge < -0.3 is 9.13 Å². The van der Waals surface area contributed by atoms with Gasteiger partial charge in [-0.1, -0.05) is 146 Å². The molecule has 62 heavy (non-hydrogen) atoms. The van der Waals surface area contributed by atoms with E-state index in [-0.39, 0.29) is 0 Å². The van der Waals surface area contributed by atoms with Crippen LogP contribution in [0, 0.1) is 0 Å². The number of benzene rings is 9. The van der Waals surface area contributed by atoms with Crippen LogP contribution < -0.4 is 0 Å². The molecular weight excluding hydrogens is 755 g/mol. The van der Waals surface area contributed by atoms with Crippen molar-refractivity contribution in [1.29, 1.82) is 0 Å². The Hall–Kier alpha value is -8.15. The Morgan fingerprint density at radius 2 is 1.02 bits per heavy atom. The van der Waals surface area contributed by atoms with E-state index < -0.39 is 0 Å². The zero-order chi connectivity index (χ0) is 40.7. The van der Waals surface area contributed by atoms with Crippen molar-refractivity contribution in [2.24, 2.45) is 0 Å². The molecule has 0 N–H and O–H groups in total. The second kappa shape index (κ2) is 13.7. The minimum atomic E-state index is 0.640. The average molecular weight is 792 g/mol. The molecule has 5 nitrogen and oxygen atoms in total. The predicted octanol–water partition coefficient (Wildman–Crippen LogP) is 14.3. The molecule has 0 fully saturated rings. The van der Waals surface area contributed by atoms with Crippen molar-refractivity contribution in [3.63, 3.8) is 0 Å². The summed E-state index contributed by atoms with van der Waals surface area (Å²) in [5.74, 6) is 1.93. The van der Waals surface area contributed by atoms with Crippen LogP contribution in [0.5, 0.6) is 0 Å². The summed E-state index contributed by atoms with van der Waals surface area (Å²) in [6.45, 7) is 0. The molecule has 13 rings (SSSR count). The topological polar surface area (TPSA) is 48.5 Å². The van der Waals surface area contributed by atoms with Crippen molar-refractivity contribution in [3.8, 4) is 45.5 Å². The molecule has 0 bridgehead atoms. The fourth-order valence-corrected chi connectivity index (χ4v) is 10.1. The fourth-order valence-electron chi connectivity index (χ4n) is 10.1. The van der Waals surface area contributed by atoms with Crippen LogP contribution in [0.25, 0.3) is 117 Å². The van der Waals surface area contributed by atoms with Crippen LogP contribution in [0.4, 0.5) is 0 Å². The van der Waals surface area contributed by atoms with Gasteiger partial charge in [0.05, 0.1) is 22.2 Å². The zero-order valence-corrected chi connectivity index (χ0v) is 33.7. The number of aryl methyl sites for hydroxylation is 1. The second-order valence-corrected chi connectivity index (χ2v) is 16.3. The maximum Gasteiger partial charge on any atom is 0.164 e. The average Bonchev–Trinajstić information content (AvgIpc) is 3.87. The Morgan fingerprint density at radius 1 is 0.403 bits per heavy atom. The summed E-state index contributed by atoms with van der Waals surface area (Å²) in [6, 6.07) is 67.2. The van der Waals surface area contributed by atoms with Gasteiger partial charge in [-0.25, -0.2) is 15.0 Å². The van der Waals surface area contributed by atoms with E-state index in [9.17, 15) is 0 Å². The molecule has 5 heteroatoms. The molecule has 0 saturated carbocycles. The molecule has 0 unspecified atom stereocenters. The van der Waals surface area contributed by atoms with E-state index in [0.29, 0.717) is 17.5 Å². The summed E-state index contributed by atoms with van der Waals surface area (Å²) in [5.41, 5.74) is 11.4. The molecular formula is C57H37N5. The van der Waals surface area contributed by atoms with Gasteiger partial charge in [-0.2, -0.15) is 0 Å².